The van der Waals surface area contributed by atoms with E-state index in [2.05, 4.69) is 4.98 Å². The van der Waals surface area contributed by atoms with Gasteiger partial charge in [-0.15, -0.1) is 0 Å². The summed E-state index contributed by atoms with van der Waals surface area (Å²) in [5, 5.41) is 19.9. The van der Waals surface area contributed by atoms with Crippen LogP contribution in [-0.2, 0) is 0 Å². The third-order valence-corrected chi connectivity index (χ3v) is 3.09. The first-order valence-corrected chi connectivity index (χ1v) is 6.31. The third-order valence-electron chi connectivity index (χ3n) is 2.80. The molecule has 10 heteroatoms. The molecule has 0 spiro atoms. The van der Waals surface area contributed by atoms with Crippen LogP contribution in [0.15, 0.2) is 30.5 Å². The molecule has 2 rings (SSSR count). The summed E-state index contributed by atoms with van der Waals surface area (Å²) in [6, 6.07) is 3.93. The van der Waals surface area contributed by atoms with Crippen LogP contribution < -0.4 is 4.90 Å². The van der Waals surface area contributed by atoms with Crippen molar-refractivity contribution in [1.82, 2.24) is 4.98 Å². The molecule has 2 aromatic rings. The second-order valence-electron chi connectivity index (χ2n) is 4.16. The molecule has 0 atom stereocenters. The number of amides is 1. The van der Waals surface area contributed by atoms with E-state index in [0.29, 0.717) is 23.3 Å². The number of nitro benzene ring substituents is 1. The highest BCUT2D eigenvalue weighted by atomic mass is 35.5. The minimum atomic E-state index is -1.68. The van der Waals surface area contributed by atoms with Crippen LogP contribution in [-0.4, -0.2) is 27.4 Å². The molecular formula is C13H7ClFN3O5. The van der Waals surface area contributed by atoms with E-state index in [4.69, 9.17) is 11.6 Å². The van der Waals surface area contributed by atoms with Gasteiger partial charge in [0.05, 0.1) is 15.5 Å². The van der Waals surface area contributed by atoms with E-state index in [-0.39, 0.29) is 11.4 Å². The van der Waals surface area contributed by atoms with Crippen molar-refractivity contribution < 1.29 is 24.0 Å². The number of halogens is 2. The molecule has 1 heterocycles. The maximum Gasteiger partial charge on any atom is 0.417 e. The Balaban J connectivity index is 2.77. The summed E-state index contributed by atoms with van der Waals surface area (Å²) in [4.78, 5) is 36.8. The van der Waals surface area contributed by atoms with Crippen molar-refractivity contribution in [2.24, 2.45) is 0 Å². The summed E-state index contributed by atoms with van der Waals surface area (Å²) in [7, 11) is 0. The summed E-state index contributed by atoms with van der Waals surface area (Å²) in [6.45, 7) is 0. The fourth-order valence-electron chi connectivity index (χ4n) is 1.85. The van der Waals surface area contributed by atoms with Crippen molar-refractivity contribution in [3.63, 3.8) is 0 Å². The number of nitrogens with zero attached hydrogens (tertiary/aromatic N) is 3. The van der Waals surface area contributed by atoms with Gasteiger partial charge in [0.25, 0.3) is 5.69 Å². The fourth-order valence-corrected chi connectivity index (χ4v) is 2.01. The molecule has 1 aromatic carbocycles. The molecule has 0 aliphatic rings. The van der Waals surface area contributed by atoms with Gasteiger partial charge < -0.3 is 5.11 Å². The summed E-state index contributed by atoms with van der Waals surface area (Å²) in [6.07, 6.45) is -0.163. The minimum absolute atomic E-state index is 0.139. The molecule has 0 radical (unpaired) electrons. The molecule has 8 nitrogen and oxygen atoms in total. The Hall–Kier alpha value is -3.07. The van der Waals surface area contributed by atoms with Gasteiger partial charge in [0, 0.05) is 18.3 Å². The van der Waals surface area contributed by atoms with Crippen molar-refractivity contribution >= 4 is 41.2 Å². The molecule has 0 fully saturated rings. The Morgan fingerprint density at radius 3 is 2.74 bits per heavy atom. The highest BCUT2D eigenvalue weighted by Crippen LogP contribution is 2.37. The number of carboxylic acid groups (broad SMARTS) is 1. The molecule has 0 saturated heterocycles. The van der Waals surface area contributed by atoms with Crippen molar-refractivity contribution in [2.75, 3.05) is 4.90 Å². The smallest absolute Gasteiger partial charge is 0.417 e. The Labute approximate surface area is 132 Å². The Bertz CT molecular complexity index is 814. The van der Waals surface area contributed by atoms with E-state index in [1.165, 1.54) is 18.3 Å². The van der Waals surface area contributed by atoms with Crippen molar-refractivity contribution in [3.05, 3.63) is 57.0 Å². The van der Waals surface area contributed by atoms with Gasteiger partial charge in [-0.25, -0.2) is 19.1 Å². The highest BCUT2D eigenvalue weighted by Gasteiger charge is 2.30. The molecule has 0 saturated carbocycles. The molecule has 0 aliphatic heterocycles. The monoisotopic (exact) mass is 339 g/mol. The molecule has 118 valence electrons. The largest absolute Gasteiger partial charge is 0.464 e. The highest BCUT2D eigenvalue weighted by molar-refractivity contribution is 6.31. The average molecular weight is 340 g/mol. The first-order valence-electron chi connectivity index (χ1n) is 5.93. The topological polar surface area (TPSA) is 114 Å². The minimum Gasteiger partial charge on any atom is -0.464 e. The van der Waals surface area contributed by atoms with Crippen molar-refractivity contribution in [2.45, 2.75) is 0 Å². The number of rotatable bonds is 4. The number of pyridine rings is 1. The van der Waals surface area contributed by atoms with Crippen molar-refractivity contribution in [1.29, 1.82) is 0 Å². The van der Waals surface area contributed by atoms with E-state index in [0.717, 1.165) is 0 Å². The number of hydrogen-bond acceptors (Lipinski definition) is 5. The fraction of sp³-hybridized carbons (Fsp3) is 0. The number of aromatic nitrogens is 1. The number of hydrogen-bond donors (Lipinski definition) is 1. The standard InChI is InChI=1S/C13H7ClFN3O5/c14-8-4-11(18(22)23)10(5-9(8)15)17(13(20)21)12-7(6-19)2-1-3-16-12/h1-6H,(H,20,21). The van der Waals surface area contributed by atoms with Gasteiger partial charge >= 0.3 is 6.09 Å². The zero-order valence-electron chi connectivity index (χ0n) is 11.1. The van der Waals surface area contributed by atoms with Crippen LogP contribution in [0.5, 0.6) is 0 Å². The van der Waals surface area contributed by atoms with Gasteiger partial charge in [-0.3, -0.25) is 14.9 Å². The number of carbonyl (C=O) groups excluding carboxylic acids is 1. The van der Waals surface area contributed by atoms with Gasteiger partial charge in [-0.2, -0.15) is 0 Å². The number of benzene rings is 1. The number of carbonyl (C=O) groups is 2. The van der Waals surface area contributed by atoms with E-state index in [1.807, 2.05) is 0 Å². The summed E-state index contributed by atoms with van der Waals surface area (Å²) in [5.74, 6) is -1.44. The molecule has 1 N–H and O–H groups in total. The summed E-state index contributed by atoms with van der Waals surface area (Å²) >= 11 is 5.50. The predicted octanol–water partition coefficient (Wildman–Crippen LogP) is 3.41. The summed E-state index contributed by atoms with van der Waals surface area (Å²) < 4.78 is 13.7. The van der Waals surface area contributed by atoms with Crippen LogP contribution in [0.2, 0.25) is 5.02 Å². The van der Waals surface area contributed by atoms with Crippen molar-refractivity contribution in [3.8, 4) is 0 Å². The van der Waals surface area contributed by atoms with Gasteiger partial charge in [0.15, 0.2) is 12.1 Å². The van der Waals surface area contributed by atoms with Crippen LogP contribution in [0.25, 0.3) is 0 Å². The maximum absolute atomic E-state index is 13.7. The lowest BCUT2D eigenvalue weighted by Gasteiger charge is -2.19. The lowest BCUT2D eigenvalue weighted by Crippen LogP contribution is -2.26. The third kappa shape index (κ3) is 3.09. The SMILES string of the molecule is O=Cc1cccnc1N(C(=O)O)c1cc(F)c(Cl)cc1[N+](=O)[O-]. The van der Waals surface area contributed by atoms with Gasteiger partial charge in [0.2, 0.25) is 0 Å². The van der Waals surface area contributed by atoms with Gasteiger partial charge in [-0.1, -0.05) is 11.6 Å². The van der Waals surface area contributed by atoms with E-state index in [1.54, 1.807) is 0 Å². The van der Waals surface area contributed by atoms with Crippen LogP contribution in [0.1, 0.15) is 10.4 Å². The first kappa shape index (κ1) is 16.3. The zero-order valence-corrected chi connectivity index (χ0v) is 11.9. The predicted molar refractivity (Wildman–Crippen MR) is 77.9 cm³/mol. The molecule has 0 aliphatic carbocycles. The number of aldehydes is 1. The molecule has 23 heavy (non-hydrogen) atoms. The summed E-state index contributed by atoms with van der Waals surface area (Å²) in [5.41, 5.74) is -1.51. The Morgan fingerprint density at radius 1 is 1.48 bits per heavy atom. The van der Waals surface area contributed by atoms with E-state index < -0.39 is 33.2 Å². The van der Waals surface area contributed by atoms with E-state index >= 15 is 0 Å². The van der Waals surface area contributed by atoms with Crippen LogP contribution in [0, 0.1) is 15.9 Å². The normalized spacial score (nSPS) is 10.2. The van der Waals surface area contributed by atoms with E-state index in [9.17, 15) is 29.2 Å². The molecule has 0 unspecified atom stereocenters. The number of nitro groups is 1. The zero-order chi connectivity index (χ0) is 17.1. The molecule has 0 bridgehead atoms. The van der Waals surface area contributed by atoms with Crippen LogP contribution in [0.3, 0.4) is 0 Å². The average Bonchev–Trinajstić information content (AvgIpc) is 2.50. The second kappa shape index (κ2) is 6.36. The van der Waals surface area contributed by atoms with Crippen LogP contribution in [0.4, 0.5) is 26.4 Å². The molecule has 1 aromatic heterocycles. The Kier molecular flexibility index (Phi) is 4.51. The Morgan fingerprint density at radius 2 is 2.17 bits per heavy atom. The van der Waals surface area contributed by atoms with Crippen LogP contribution >= 0.6 is 11.6 Å². The molecular weight excluding hydrogens is 333 g/mol. The lowest BCUT2D eigenvalue weighted by molar-refractivity contribution is -0.384. The number of anilines is 2. The first-order chi connectivity index (χ1) is 10.9. The quantitative estimate of drug-likeness (QED) is 0.518. The van der Waals surface area contributed by atoms with Gasteiger partial charge in [0.1, 0.15) is 11.5 Å². The maximum atomic E-state index is 13.7. The molecule has 1 amide bonds. The lowest BCUT2D eigenvalue weighted by atomic mass is 10.2. The second-order valence-corrected chi connectivity index (χ2v) is 4.57. The van der Waals surface area contributed by atoms with Gasteiger partial charge in [-0.05, 0) is 12.1 Å².